The zero-order valence-corrected chi connectivity index (χ0v) is 7.07. The van der Waals surface area contributed by atoms with Gasteiger partial charge in [0, 0.05) is 7.11 Å². The van der Waals surface area contributed by atoms with Crippen molar-refractivity contribution in [3.63, 3.8) is 0 Å². The van der Waals surface area contributed by atoms with Crippen LogP contribution in [0.5, 0.6) is 0 Å². The molecule has 0 heterocycles. The average molecular weight is 176 g/mol. The third-order valence-electron chi connectivity index (χ3n) is 1.20. The number of esters is 1. The van der Waals surface area contributed by atoms with Crippen LogP contribution in [0.2, 0.25) is 0 Å². The summed E-state index contributed by atoms with van der Waals surface area (Å²) in [5.74, 6) is -3.20. The molecule has 0 aliphatic carbocycles. The van der Waals surface area contributed by atoms with Crippen LogP contribution in [-0.2, 0) is 19.1 Å². The minimum Gasteiger partial charge on any atom is -0.481 e. The highest BCUT2D eigenvalue weighted by atomic mass is 16.5. The molecule has 0 radical (unpaired) electrons. The van der Waals surface area contributed by atoms with Crippen molar-refractivity contribution < 1.29 is 24.2 Å². The van der Waals surface area contributed by atoms with Crippen LogP contribution in [0, 0.1) is 5.92 Å². The number of carbonyl (C=O) groups excluding carboxylic acids is 1. The van der Waals surface area contributed by atoms with Crippen LogP contribution in [-0.4, -0.2) is 37.4 Å². The molecule has 0 aliphatic rings. The standard InChI is InChI=1S/C7H12O5/c1-3-12-7(10)5(4-11-2)6(8)9/h5H,3-4H2,1-2H3,(H,8,9). The lowest BCUT2D eigenvalue weighted by molar-refractivity contribution is -0.160. The summed E-state index contributed by atoms with van der Waals surface area (Å²) in [7, 11) is 1.33. The predicted octanol–water partition coefficient (Wildman–Crippen LogP) is -0.103. The van der Waals surface area contributed by atoms with E-state index in [0.29, 0.717) is 0 Å². The fourth-order valence-corrected chi connectivity index (χ4v) is 0.650. The van der Waals surface area contributed by atoms with Crippen LogP contribution in [0.25, 0.3) is 0 Å². The van der Waals surface area contributed by atoms with Gasteiger partial charge in [-0.05, 0) is 6.92 Å². The second-order valence-electron chi connectivity index (χ2n) is 2.10. The molecule has 1 unspecified atom stereocenters. The number of rotatable bonds is 5. The fraction of sp³-hybridized carbons (Fsp3) is 0.714. The fourth-order valence-electron chi connectivity index (χ4n) is 0.650. The lowest BCUT2D eigenvalue weighted by Crippen LogP contribution is -2.29. The van der Waals surface area contributed by atoms with Crippen LogP contribution in [0.1, 0.15) is 6.92 Å². The largest absolute Gasteiger partial charge is 0.481 e. The molecule has 0 bridgehead atoms. The van der Waals surface area contributed by atoms with Gasteiger partial charge in [0.05, 0.1) is 13.2 Å². The molecule has 0 saturated heterocycles. The minimum absolute atomic E-state index is 0.159. The normalized spacial score (nSPS) is 12.2. The Kier molecular flexibility index (Phi) is 5.03. The van der Waals surface area contributed by atoms with E-state index in [0.717, 1.165) is 0 Å². The Morgan fingerprint density at radius 1 is 1.50 bits per heavy atom. The van der Waals surface area contributed by atoms with Crippen molar-refractivity contribution in [1.82, 2.24) is 0 Å². The molecule has 1 N–H and O–H groups in total. The number of carboxylic acid groups (broad SMARTS) is 1. The van der Waals surface area contributed by atoms with E-state index in [4.69, 9.17) is 5.11 Å². The summed E-state index contributed by atoms with van der Waals surface area (Å²) >= 11 is 0. The summed E-state index contributed by atoms with van der Waals surface area (Å²) in [5.41, 5.74) is 0. The molecule has 0 fully saturated rings. The smallest absolute Gasteiger partial charge is 0.322 e. The van der Waals surface area contributed by atoms with E-state index in [1.165, 1.54) is 7.11 Å². The number of carbonyl (C=O) groups is 2. The van der Waals surface area contributed by atoms with Gasteiger partial charge in [0.25, 0.3) is 0 Å². The Morgan fingerprint density at radius 2 is 2.08 bits per heavy atom. The predicted molar refractivity (Wildman–Crippen MR) is 39.6 cm³/mol. The number of hydrogen-bond donors (Lipinski definition) is 1. The van der Waals surface area contributed by atoms with E-state index in [2.05, 4.69) is 9.47 Å². The first-order valence-electron chi connectivity index (χ1n) is 3.51. The molecule has 70 valence electrons. The topological polar surface area (TPSA) is 72.8 Å². The molecule has 0 amide bonds. The van der Waals surface area contributed by atoms with Crippen molar-refractivity contribution in [3.05, 3.63) is 0 Å². The maximum absolute atomic E-state index is 10.9. The number of ether oxygens (including phenoxy) is 2. The lowest BCUT2D eigenvalue weighted by atomic mass is 10.2. The van der Waals surface area contributed by atoms with Crippen LogP contribution < -0.4 is 0 Å². The van der Waals surface area contributed by atoms with Gasteiger partial charge in [-0.2, -0.15) is 0 Å². The molecule has 5 nitrogen and oxygen atoms in total. The van der Waals surface area contributed by atoms with Gasteiger partial charge in [0.1, 0.15) is 0 Å². The lowest BCUT2D eigenvalue weighted by Gasteiger charge is -2.09. The van der Waals surface area contributed by atoms with E-state index in [9.17, 15) is 9.59 Å². The van der Waals surface area contributed by atoms with Crippen molar-refractivity contribution in [3.8, 4) is 0 Å². The minimum atomic E-state index is -1.23. The first kappa shape index (κ1) is 10.9. The first-order chi connectivity index (χ1) is 5.63. The molecule has 0 spiro atoms. The third kappa shape index (κ3) is 3.34. The van der Waals surface area contributed by atoms with Gasteiger partial charge in [0.15, 0.2) is 5.92 Å². The van der Waals surface area contributed by atoms with Crippen molar-refractivity contribution in [2.75, 3.05) is 20.3 Å². The van der Waals surface area contributed by atoms with Gasteiger partial charge in [-0.25, -0.2) is 0 Å². The van der Waals surface area contributed by atoms with Gasteiger partial charge < -0.3 is 14.6 Å². The first-order valence-corrected chi connectivity index (χ1v) is 3.51. The van der Waals surface area contributed by atoms with Crippen molar-refractivity contribution >= 4 is 11.9 Å². The number of hydrogen-bond acceptors (Lipinski definition) is 4. The number of aliphatic carboxylic acids is 1. The number of carboxylic acids is 1. The third-order valence-corrected chi connectivity index (χ3v) is 1.20. The number of methoxy groups -OCH3 is 1. The summed E-state index contributed by atoms with van der Waals surface area (Å²) in [6.45, 7) is 1.63. The van der Waals surface area contributed by atoms with Gasteiger partial charge in [-0.1, -0.05) is 0 Å². The van der Waals surface area contributed by atoms with E-state index >= 15 is 0 Å². The molecule has 5 heteroatoms. The van der Waals surface area contributed by atoms with E-state index in [-0.39, 0.29) is 13.2 Å². The molecular formula is C7H12O5. The maximum Gasteiger partial charge on any atom is 0.322 e. The van der Waals surface area contributed by atoms with Crippen molar-refractivity contribution in [2.24, 2.45) is 5.92 Å². The Bertz CT molecular complexity index is 165. The van der Waals surface area contributed by atoms with Gasteiger partial charge >= 0.3 is 11.9 Å². The molecule has 0 aromatic carbocycles. The Morgan fingerprint density at radius 3 is 2.42 bits per heavy atom. The molecular weight excluding hydrogens is 164 g/mol. The molecule has 1 atom stereocenters. The zero-order valence-electron chi connectivity index (χ0n) is 7.07. The van der Waals surface area contributed by atoms with Crippen molar-refractivity contribution in [2.45, 2.75) is 6.92 Å². The van der Waals surface area contributed by atoms with Gasteiger partial charge in [-0.3, -0.25) is 9.59 Å². The van der Waals surface area contributed by atoms with Crippen molar-refractivity contribution in [1.29, 1.82) is 0 Å². The second-order valence-corrected chi connectivity index (χ2v) is 2.10. The Hall–Kier alpha value is -1.10. The zero-order chi connectivity index (χ0) is 9.56. The highest BCUT2D eigenvalue weighted by Gasteiger charge is 2.27. The van der Waals surface area contributed by atoms with Crippen LogP contribution in [0.3, 0.4) is 0 Å². The average Bonchev–Trinajstić information content (AvgIpc) is 1.99. The SMILES string of the molecule is CCOC(=O)C(COC)C(=O)O. The summed E-state index contributed by atoms with van der Waals surface area (Å²) in [6.07, 6.45) is 0. The summed E-state index contributed by atoms with van der Waals surface area (Å²) in [6, 6.07) is 0. The molecule has 0 saturated carbocycles. The molecule has 0 aromatic heterocycles. The monoisotopic (exact) mass is 176 g/mol. The summed E-state index contributed by atoms with van der Waals surface area (Å²) in [5, 5.41) is 8.52. The summed E-state index contributed by atoms with van der Waals surface area (Å²) in [4.78, 5) is 21.3. The highest BCUT2D eigenvalue weighted by Crippen LogP contribution is 2.00. The Balaban J connectivity index is 4.09. The molecule has 12 heavy (non-hydrogen) atoms. The molecule has 0 rings (SSSR count). The van der Waals surface area contributed by atoms with E-state index in [1.54, 1.807) is 6.92 Å². The molecule has 0 aliphatic heterocycles. The summed E-state index contributed by atoms with van der Waals surface area (Å²) < 4.78 is 9.07. The Labute approximate surface area is 70.3 Å². The van der Waals surface area contributed by atoms with Gasteiger partial charge in [-0.15, -0.1) is 0 Å². The molecule has 0 aromatic rings. The van der Waals surface area contributed by atoms with Crippen LogP contribution in [0.15, 0.2) is 0 Å². The highest BCUT2D eigenvalue weighted by molar-refractivity contribution is 5.94. The van der Waals surface area contributed by atoms with E-state index < -0.39 is 17.9 Å². The quantitative estimate of drug-likeness (QED) is 0.467. The van der Waals surface area contributed by atoms with Crippen LogP contribution in [0.4, 0.5) is 0 Å². The van der Waals surface area contributed by atoms with Gasteiger partial charge in [0.2, 0.25) is 0 Å². The van der Waals surface area contributed by atoms with Crippen LogP contribution >= 0.6 is 0 Å². The van der Waals surface area contributed by atoms with E-state index in [1.807, 2.05) is 0 Å². The second kappa shape index (κ2) is 5.54. The maximum atomic E-state index is 10.9.